The summed E-state index contributed by atoms with van der Waals surface area (Å²) in [5.74, 6) is -0.315. The Bertz CT molecular complexity index is 609. The van der Waals surface area contributed by atoms with E-state index in [1.807, 2.05) is 0 Å². The van der Waals surface area contributed by atoms with Crippen LogP contribution >= 0.6 is 11.3 Å². The zero-order valence-corrected chi connectivity index (χ0v) is 10.5. The first kappa shape index (κ1) is 13.1. The zero-order valence-electron chi connectivity index (χ0n) is 9.70. The van der Waals surface area contributed by atoms with E-state index in [1.165, 1.54) is 23.5 Å². The van der Waals surface area contributed by atoms with Crippen molar-refractivity contribution < 1.29 is 9.72 Å². The van der Waals surface area contributed by atoms with E-state index in [-0.39, 0.29) is 18.1 Å². The second-order valence-electron chi connectivity index (χ2n) is 3.59. The van der Waals surface area contributed by atoms with E-state index in [2.05, 4.69) is 10.3 Å². The van der Waals surface area contributed by atoms with Gasteiger partial charge in [-0.3, -0.25) is 14.9 Å². The largest absolute Gasteiger partial charge is 0.322 e. The van der Waals surface area contributed by atoms with Crippen LogP contribution in [0.2, 0.25) is 0 Å². The van der Waals surface area contributed by atoms with Crippen molar-refractivity contribution in [2.75, 3.05) is 11.9 Å². The number of hydrogen-bond acceptors (Lipinski definition) is 6. The summed E-state index contributed by atoms with van der Waals surface area (Å²) in [6.07, 6.45) is 0. The number of carbonyl (C=O) groups is 1. The van der Waals surface area contributed by atoms with Gasteiger partial charge in [0.2, 0.25) is 5.91 Å². The average molecular weight is 278 g/mol. The number of thiazole rings is 1. The molecule has 1 aromatic heterocycles. The zero-order chi connectivity index (χ0) is 13.8. The van der Waals surface area contributed by atoms with E-state index in [1.54, 1.807) is 17.5 Å². The van der Waals surface area contributed by atoms with Crippen LogP contribution in [0.1, 0.15) is 0 Å². The molecule has 8 heteroatoms. The number of carbonyl (C=O) groups excluding carboxylic acids is 1. The van der Waals surface area contributed by atoms with Crippen molar-refractivity contribution in [3.05, 3.63) is 39.8 Å². The van der Waals surface area contributed by atoms with Gasteiger partial charge in [0.05, 0.1) is 17.2 Å². The number of nitro benzene ring substituents is 1. The minimum absolute atomic E-state index is 0.0237. The van der Waals surface area contributed by atoms with Crippen LogP contribution in [-0.4, -0.2) is 22.4 Å². The van der Waals surface area contributed by atoms with E-state index < -0.39 is 4.92 Å². The maximum Gasteiger partial charge on any atom is 0.269 e. The first-order valence-corrected chi connectivity index (χ1v) is 6.18. The van der Waals surface area contributed by atoms with Gasteiger partial charge in [-0.2, -0.15) is 0 Å². The van der Waals surface area contributed by atoms with Crippen molar-refractivity contribution in [3.63, 3.8) is 0 Å². The van der Waals surface area contributed by atoms with Gasteiger partial charge in [-0.15, -0.1) is 11.3 Å². The minimum Gasteiger partial charge on any atom is -0.322 e. The van der Waals surface area contributed by atoms with Gasteiger partial charge < -0.3 is 11.1 Å². The summed E-state index contributed by atoms with van der Waals surface area (Å²) in [6, 6.07) is 6.04. The molecule has 0 atom stereocenters. The molecule has 98 valence electrons. The van der Waals surface area contributed by atoms with Crippen molar-refractivity contribution in [3.8, 4) is 11.3 Å². The SMILES string of the molecule is NCC(=O)Nc1nc(-c2ccc([N+](=O)[O-])cc2)cs1. The number of rotatable bonds is 4. The maximum atomic E-state index is 11.1. The number of nitrogens with one attached hydrogen (secondary N) is 1. The predicted octanol–water partition coefficient (Wildman–Crippen LogP) is 1.62. The Hall–Kier alpha value is -2.32. The summed E-state index contributed by atoms with van der Waals surface area (Å²) < 4.78 is 0. The molecule has 0 bridgehead atoms. The highest BCUT2D eigenvalue weighted by Gasteiger charge is 2.09. The van der Waals surface area contributed by atoms with E-state index in [9.17, 15) is 14.9 Å². The Balaban J connectivity index is 2.18. The Labute approximate surface area is 112 Å². The quantitative estimate of drug-likeness (QED) is 0.652. The lowest BCUT2D eigenvalue weighted by molar-refractivity contribution is -0.384. The van der Waals surface area contributed by atoms with Gasteiger partial charge in [-0.25, -0.2) is 4.98 Å². The first-order chi connectivity index (χ1) is 9.10. The first-order valence-electron chi connectivity index (χ1n) is 5.30. The molecule has 0 aliphatic heterocycles. The Morgan fingerprint density at radius 3 is 2.68 bits per heavy atom. The van der Waals surface area contributed by atoms with Gasteiger partial charge in [0.1, 0.15) is 0 Å². The number of aromatic nitrogens is 1. The summed E-state index contributed by atoms with van der Waals surface area (Å²) in [7, 11) is 0. The van der Waals surface area contributed by atoms with Crippen LogP contribution in [0.25, 0.3) is 11.3 Å². The van der Waals surface area contributed by atoms with Gasteiger partial charge in [-0.05, 0) is 12.1 Å². The van der Waals surface area contributed by atoms with Gasteiger partial charge in [0, 0.05) is 23.1 Å². The number of non-ortho nitro benzene ring substituents is 1. The Morgan fingerprint density at radius 2 is 2.11 bits per heavy atom. The highest BCUT2D eigenvalue weighted by molar-refractivity contribution is 7.14. The molecule has 7 nitrogen and oxygen atoms in total. The van der Waals surface area contributed by atoms with Crippen LogP contribution in [0.4, 0.5) is 10.8 Å². The molecule has 1 amide bonds. The molecule has 0 aliphatic rings. The standard InChI is InChI=1S/C11H10N4O3S/c12-5-10(16)14-11-13-9(6-19-11)7-1-3-8(4-2-7)15(17)18/h1-4,6H,5,12H2,(H,13,14,16). The summed E-state index contributed by atoms with van der Waals surface area (Å²) >= 11 is 1.27. The third kappa shape index (κ3) is 3.12. The van der Waals surface area contributed by atoms with Crippen molar-refractivity contribution in [2.45, 2.75) is 0 Å². The number of hydrogen-bond donors (Lipinski definition) is 2. The second kappa shape index (κ2) is 5.55. The average Bonchev–Trinajstić information content (AvgIpc) is 2.87. The van der Waals surface area contributed by atoms with Crippen molar-refractivity contribution >= 4 is 28.1 Å². The molecule has 0 unspecified atom stereocenters. The summed E-state index contributed by atoms with van der Waals surface area (Å²) in [5, 5.41) is 15.3. The highest BCUT2D eigenvalue weighted by Crippen LogP contribution is 2.26. The molecule has 2 aromatic rings. The number of anilines is 1. The molecule has 0 saturated heterocycles. The maximum absolute atomic E-state index is 11.1. The van der Waals surface area contributed by atoms with Gasteiger partial charge in [-0.1, -0.05) is 0 Å². The van der Waals surface area contributed by atoms with E-state index in [0.29, 0.717) is 10.8 Å². The fourth-order valence-electron chi connectivity index (χ4n) is 1.39. The molecule has 1 heterocycles. The molecule has 0 fully saturated rings. The lowest BCUT2D eigenvalue weighted by Crippen LogP contribution is -2.21. The smallest absolute Gasteiger partial charge is 0.269 e. The molecule has 0 saturated carbocycles. The number of nitro groups is 1. The molecular formula is C11H10N4O3S. The molecular weight excluding hydrogens is 268 g/mol. The van der Waals surface area contributed by atoms with Crippen LogP contribution in [0.15, 0.2) is 29.6 Å². The van der Waals surface area contributed by atoms with Crippen LogP contribution in [0, 0.1) is 10.1 Å². The van der Waals surface area contributed by atoms with E-state index in [4.69, 9.17) is 5.73 Å². The highest BCUT2D eigenvalue weighted by atomic mass is 32.1. The monoisotopic (exact) mass is 278 g/mol. The Morgan fingerprint density at radius 1 is 1.42 bits per heavy atom. The fraction of sp³-hybridized carbons (Fsp3) is 0.0909. The topological polar surface area (TPSA) is 111 Å². The van der Waals surface area contributed by atoms with Crippen molar-refractivity contribution in [1.29, 1.82) is 0 Å². The second-order valence-corrected chi connectivity index (χ2v) is 4.45. The third-order valence-electron chi connectivity index (χ3n) is 2.31. The fourth-order valence-corrected chi connectivity index (χ4v) is 2.12. The third-order valence-corrected chi connectivity index (χ3v) is 3.07. The Kier molecular flexibility index (Phi) is 3.83. The predicted molar refractivity (Wildman–Crippen MR) is 71.9 cm³/mol. The van der Waals surface area contributed by atoms with Gasteiger partial charge in [0.15, 0.2) is 5.13 Å². The summed E-state index contributed by atoms with van der Waals surface area (Å²) in [5.41, 5.74) is 6.60. The molecule has 0 radical (unpaired) electrons. The van der Waals surface area contributed by atoms with Gasteiger partial charge >= 0.3 is 0 Å². The molecule has 3 N–H and O–H groups in total. The van der Waals surface area contributed by atoms with Crippen LogP contribution in [0.3, 0.4) is 0 Å². The number of benzene rings is 1. The number of amides is 1. The van der Waals surface area contributed by atoms with E-state index in [0.717, 1.165) is 5.56 Å². The van der Waals surface area contributed by atoms with Crippen LogP contribution < -0.4 is 11.1 Å². The lowest BCUT2D eigenvalue weighted by atomic mass is 10.1. The van der Waals surface area contributed by atoms with Crippen molar-refractivity contribution in [2.24, 2.45) is 5.73 Å². The molecule has 1 aromatic carbocycles. The summed E-state index contributed by atoms with van der Waals surface area (Å²) in [6.45, 7) is -0.105. The minimum atomic E-state index is -0.461. The molecule has 0 aliphatic carbocycles. The molecule has 19 heavy (non-hydrogen) atoms. The van der Waals surface area contributed by atoms with Crippen LogP contribution in [0.5, 0.6) is 0 Å². The molecule has 2 rings (SSSR count). The lowest BCUT2D eigenvalue weighted by Gasteiger charge is -1.98. The number of nitrogens with zero attached hydrogens (tertiary/aromatic N) is 2. The van der Waals surface area contributed by atoms with Crippen molar-refractivity contribution in [1.82, 2.24) is 4.98 Å². The normalized spacial score (nSPS) is 10.2. The van der Waals surface area contributed by atoms with Crippen LogP contribution in [-0.2, 0) is 4.79 Å². The summed E-state index contributed by atoms with van der Waals surface area (Å²) in [4.78, 5) is 25.4. The number of nitrogens with two attached hydrogens (primary N) is 1. The van der Waals surface area contributed by atoms with E-state index >= 15 is 0 Å². The van der Waals surface area contributed by atoms with Gasteiger partial charge in [0.25, 0.3) is 5.69 Å². The molecule has 0 spiro atoms.